The Morgan fingerprint density at radius 2 is 1.74 bits per heavy atom. The van der Waals surface area contributed by atoms with Gasteiger partial charge in [-0.3, -0.25) is 23.9 Å². The van der Waals surface area contributed by atoms with Crippen LogP contribution in [0.4, 0.5) is 21.6 Å². The zero-order valence-corrected chi connectivity index (χ0v) is 28.7. The fourth-order valence-electron chi connectivity index (χ4n) is 7.25. The first kappa shape index (κ1) is 33.4. The number of anilines is 3. The maximum absolute atomic E-state index is 15.3. The summed E-state index contributed by atoms with van der Waals surface area (Å²) >= 11 is 0. The van der Waals surface area contributed by atoms with Crippen LogP contribution in [-0.4, -0.2) is 75.1 Å². The van der Waals surface area contributed by atoms with Crippen LogP contribution in [0, 0.1) is 5.82 Å². The molecule has 12 heteroatoms. The number of nitrogens with one attached hydrogen (secondary N) is 1. The van der Waals surface area contributed by atoms with E-state index < -0.39 is 5.82 Å². The number of aryl methyl sites for hydroxylation is 3. The van der Waals surface area contributed by atoms with Crippen molar-refractivity contribution >= 4 is 29.0 Å². The molecule has 50 heavy (non-hydrogen) atoms. The molecule has 3 aliphatic rings. The molecular weight excluding hydrogens is 637 g/mol. The Morgan fingerprint density at radius 3 is 2.44 bits per heavy atom. The molecule has 1 aliphatic carbocycles. The molecule has 2 saturated heterocycles. The van der Waals surface area contributed by atoms with Crippen LogP contribution in [0.2, 0.25) is 0 Å². The fraction of sp³-hybridized carbons (Fsp3) is 0.368. The van der Waals surface area contributed by atoms with Crippen LogP contribution >= 0.6 is 0 Å². The first-order chi connectivity index (χ1) is 24.4. The Balaban J connectivity index is 0.00000193. The van der Waals surface area contributed by atoms with E-state index in [1.54, 1.807) is 37.9 Å². The van der Waals surface area contributed by atoms with E-state index >= 15 is 4.39 Å². The Kier molecular flexibility index (Phi) is 9.39. The number of carbonyl (C=O) groups excluding carboxylic acids is 1. The van der Waals surface area contributed by atoms with Crippen LogP contribution in [0.3, 0.4) is 0 Å². The van der Waals surface area contributed by atoms with Gasteiger partial charge in [0.25, 0.3) is 11.1 Å². The molecule has 2 aliphatic heterocycles. The zero-order valence-electron chi connectivity index (χ0n) is 28.7. The summed E-state index contributed by atoms with van der Waals surface area (Å²) in [6.45, 7) is 9.36. The first-order valence-electron chi connectivity index (χ1n) is 17.4. The van der Waals surface area contributed by atoms with Crippen molar-refractivity contribution < 1.29 is 13.9 Å². The zero-order chi connectivity index (χ0) is 34.9. The van der Waals surface area contributed by atoms with E-state index in [1.807, 2.05) is 36.4 Å². The molecule has 0 unspecified atom stereocenters. The lowest BCUT2D eigenvalue weighted by Gasteiger charge is -2.43. The molecule has 8 rings (SSSR count). The summed E-state index contributed by atoms with van der Waals surface area (Å²) in [5.74, 6) is -0.141. The fourth-order valence-corrected chi connectivity index (χ4v) is 7.25. The van der Waals surface area contributed by atoms with E-state index in [0.717, 1.165) is 82.0 Å². The van der Waals surface area contributed by atoms with Crippen molar-refractivity contribution in [2.45, 2.75) is 45.6 Å². The molecule has 0 spiro atoms. The van der Waals surface area contributed by atoms with Crippen molar-refractivity contribution in [3.8, 4) is 16.8 Å². The first-order valence-corrected chi connectivity index (χ1v) is 17.4. The summed E-state index contributed by atoms with van der Waals surface area (Å²) in [7, 11) is 1.59. The van der Waals surface area contributed by atoms with Gasteiger partial charge < -0.3 is 23.9 Å². The Hall–Kier alpha value is -5.07. The van der Waals surface area contributed by atoms with Gasteiger partial charge in [0, 0.05) is 68.6 Å². The predicted octanol–water partition coefficient (Wildman–Crippen LogP) is 4.97. The third-order valence-electron chi connectivity index (χ3n) is 9.97. The lowest BCUT2D eigenvalue weighted by molar-refractivity contribution is -0.0660. The van der Waals surface area contributed by atoms with Gasteiger partial charge in [-0.1, -0.05) is 13.8 Å². The molecule has 0 saturated carbocycles. The molecule has 0 radical (unpaired) electrons. The molecule has 5 aromatic rings. The molecule has 0 amide bonds. The number of halogens is 1. The number of fused-ring (bicyclic) bond motifs is 3. The minimum absolute atomic E-state index is 0.133. The van der Waals surface area contributed by atoms with Crippen LogP contribution in [-0.2, 0) is 24.6 Å². The van der Waals surface area contributed by atoms with E-state index in [4.69, 9.17) is 4.74 Å². The summed E-state index contributed by atoms with van der Waals surface area (Å²) in [4.78, 5) is 48.9. The average molecular weight is 680 g/mol. The second-order valence-corrected chi connectivity index (χ2v) is 12.9. The normalized spacial score (nSPS) is 16.4. The second kappa shape index (κ2) is 14.0. The van der Waals surface area contributed by atoms with Crippen molar-refractivity contribution in [2.75, 3.05) is 49.6 Å². The van der Waals surface area contributed by atoms with Crippen molar-refractivity contribution in [3.05, 3.63) is 105 Å². The third kappa shape index (κ3) is 6.13. The van der Waals surface area contributed by atoms with E-state index in [0.29, 0.717) is 29.2 Å². The summed E-state index contributed by atoms with van der Waals surface area (Å²) in [5, 5.41) is 3.12. The predicted molar refractivity (Wildman–Crippen MR) is 193 cm³/mol. The molecule has 0 atom stereocenters. The Morgan fingerprint density at radius 1 is 0.960 bits per heavy atom. The Bertz CT molecular complexity index is 2160. The molecule has 4 aromatic heterocycles. The SMILES string of the molecule is CC.Cn1cc(-c2cc(F)cc(-n3ccn4c5c(cc4c3=O)CCCC5)c2C=O)cc(Nc2ccc(N3CCN(C4COC4)CC3)cn2)c1=O. The average Bonchev–Trinajstić information content (AvgIpc) is 3.50. The minimum Gasteiger partial charge on any atom is -0.378 e. The molecule has 0 bridgehead atoms. The van der Waals surface area contributed by atoms with Crippen molar-refractivity contribution in [3.63, 3.8) is 0 Å². The van der Waals surface area contributed by atoms with Gasteiger partial charge in [0.1, 0.15) is 22.8 Å². The van der Waals surface area contributed by atoms with Gasteiger partial charge >= 0.3 is 0 Å². The molecular formula is C38H42FN7O4. The number of nitrogens with zero attached hydrogens (tertiary/aromatic N) is 6. The number of carbonyl (C=O) groups is 1. The van der Waals surface area contributed by atoms with E-state index in [2.05, 4.69) is 20.1 Å². The molecule has 11 nitrogen and oxygen atoms in total. The van der Waals surface area contributed by atoms with Crippen LogP contribution in [0.5, 0.6) is 0 Å². The number of ether oxygens (including phenoxy) is 1. The van der Waals surface area contributed by atoms with E-state index in [9.17, 15) is 14.4 Å². The topological polar surface area (TPSA) is 106 Å². The molecule has 1 N–H and O–H groups in total. The molecule has 6 heterocycles. The number of aromatic nitrogens is 4. The highest BCUT2D eigenvalue weighted by Crippen LogP contribution is 2.31. The lowest BCUT2D eigenvalue weighted by atomic mass is 9.98. The number of hydrogen-bond donors (Lipinski definition) is 1. The van der Waals surface area contributed by atoms with Crippen molar-refractivity contribution in [2.24, 2.45) is 7.05 Å². The van der Waals surface area contributed by atoms with Gasteiger partial charge in [-0.25, -0.2) is 9.37 Å². The number of piperazine rings is 1. The maximum atomic E-state index is 15.3. The monoisotopic (exact) mass is 679 g/mol. The number of hydrogen-bond acceptors (Lipinski definition) is 8. The van der Waals surface area contributed by atoms with Crippen molar-refractivity contribution in [1.29, 1.82) is 0 Å². The maximum Gasteiger partial charge on any atom is 0.279 e. The highest BCUT2D eigenvalue weighted by atomic mass is 19.1. The van der Waals surface area contributed by atoms with Gasteiger partial charge in [-0.15, -0.1) is 0 Å². The van der Waals surface area contributed by atoms with Crippen LogP contribution in [0.1, 0.15) is 48.3 Å². The Labute approximate surface area is 289 Å². The van der Waals surface area contributed by atoms with Gasteiger partial charge in [-0.05, 0) is 73.2 Å². The molecule has 2 fully saturated rings. The third-order valence-corrected chi connectivity index (χ3v) is 9.97. The smallest absolute Gasteiger partial charge is 0.279 e. The number of pyridine rings is 2. The lowest BCUT2D eigenvalue weighted by Crippen LogP contribution is -2.56. The highest BCUT2D eigenvalue weighted by Gasteiger charge is 2.29. The highest BCUT2D eigenvalue weighted by molar-refractivity contribution is 5.92. The van der Waals surface area contributed by atoms with Crippen molar-refractivity contribution in [1.82, 2.24) is 23.4 Å². The molecule has 260 valence electrons. The van der Waals surface area contributed by atoms with Gasteiger partial charge in [0.05, 0.1) is 36.8 Å². The number of benzene rings is 1. The largest absolute Gasteiger partial charge is 0.378 e. The molecule has 1 aromatic carbocycles. The van der Waals surface area contributed by atoms with Gasteiger partial charge in [0.2, 0.25) is 0 Å². The quantitative estimate of drug-likeness (QED) is 0.241. The van der Waals surface area contributed by atoms with Gasteiger partial charge in [0.15, 0.2) is 6.29 Å². The summed E-state index contributed by atoms with van der Waals surface area (Å²) in [5.41, 5.74) is 4.30. The number of aldehydes is 1. The van der Waals surface area contributed by atoms with Gasteiger partial charge in [-0.2, -0.15) is 0 Å². The van der Waals surface area contributed by atoms with E-state index in [-0.39, 0.29) is 33.6 Å². The summed E-state index contributed by atoms with van der Waals surface area (Å²) in [6.07, 6.45) is 11.3. The van der Waals surface area contributed by atoms with E-state index in [1.165, 1.54) is 21.3 Å². The van der Waals surface area contributed by atoms with Crippen LogP contribution < -0.4 is 21.3 Å². The van der Waals surface area contributed by atoms with Crippen LogP contribution in [0.15, 0.2) is 70.8 Å². The standard InChI is InChI=1S/C36H36FN7O4.C2H6/c1-40-19-24(14-30(35(40)46)39-34-7-6-26(18-38-34)41-8-10-42(11-9-41)27-21-48-22-27)28-16-25(37)17-32(29(28)20-45)44-13-12-43-31-5-3-2-4-23(31)15-33(43)36(44)47;1-2/h6-7,12-20,27H,2-5,8-11,21-22H2,1H3,(H,38,39);1-2H3. The summed E-state index contributed by atoms with van der Waals surface area (Å²) in [6, 6.07) is 10.3. The second-order valence-electron chi connectivity index (χ2n) is 12.9. The van der Waals surface area contributed by atoms with Crippen LogP contribution in [0.25, 0.3) is 22.3 Å². The number of rotatable bonds is 7. The minimum atomic E-state index is -0.616. The summed E-state index contributed by atoms with van der Waals surface area (Å²) < 4.78 is 25.3.